The predicted molar refractivity (Wildman–Crippen MR) is 143 cm³/mol. The molecule has 0 unspecified atom stereocenters. The number of pyridine rings is 1. The Morgan fingerprint density at radius 1 is 1.22 bits per heavy atom. The Labute approximate surface area is 219 Å². The third kappa shape index (κ3) is 5.15. The van der Waals surface area contributed by atoms with Gasteiger partial charge in [-0.15, -0.1) is 6.58 Å². The average Bonchev–Trinajstić information content (AvgIpc) is 3.33. The molecule has 4 rings (SSSR count). The van der Waals surface area contributed by atoms with Gasteiger partial charge in [-0.3, -0.25) is 14.3 Å². The van der Waals surface area contributed by atoms with Gasteiger partial charge >= 0.3 is 0 Å². The van der Waals surface area contributed by atoms with Crippen molar-refractivity contribution in [2.45, 2.75) is 19.1 Å². The lowest BCUT2D eigenvalue weighted by Gasteiger charge is -2.18. The van der Waals surface area contributed by atoms with Gasteiger partial charge in [0.1, 0.15) is 17.1 Å². The SMILES string of the molecule is C=CCN1CC[C@H](OCCn2c(=O)c(-c3c(Cl)c(OC)cc(OC)c3Cl)cc3cnc(NC)nc32)C1. The van der Waals surface area contributed by atoms with Gasteiger partial charge in [-0.1, -0.05) is 29.3 Å². The van der Waals surface area contributed by atoms with Crippen LogP contribution in [0.2, 0.25) is 10.0 Å². The van der Waals surface area contributed by atoms with Crippen molar-refractivity contribution in [3.63, 3.8) is 0 Å². The maximum absolute atomic E-state index is 13.9. The van der Waals surface area contributed by atoms with Crippen LogP contribution in [0.1, 0.15) is 6.42 Å². The summed E-state index contributed by atoms with van der Waals surface area (Å²) in [6, 6.07) is 3.27. The smallest absolute Gasteiger partial charge is 0.260 e. The van der Waals surface area contributed by atoms with Crippen molar-refractivity contribution in [1.82, 2.24) is 19.4 Å². The molecular weight excluding hydrogens is 505 g/mol. The van der Waals surface area contributed by atoms with Gasteiger partial charge in [0.05, 0.1) is 49.1 Å². The molecule has 36 heavy (non-hydrogen) atoms. The summed E-state index contributed by atoms with van der Waals surface area (Å²) in [5.41, 5.74) is 0.775. The third-order valence-electron chi connectivity index (χ3n) is 6.18. The van der Waals surface area contributed by atoms with Gasteiger partial charge in [-0.2, -0.15) is 4.98 Å². The summed E-state index contributed by atoms with van der Waals surface area (Å²) in [5, 5.41) is 3.99. The lowest BCUT2D eigenvalue weighted by Crippen LogP contribution is -2.28. The number of halogens is 2. The standard InChI is InChI=1S/C25H29Cl2N5O4/c1-5-7-31-8-6-16(14-31)36-10-9-32-23-15(13-29-25(28-2)30-23)11-17(24(32)33)20-21(26)18(34-3)12-19(35-4)22(20)27/h5,11-13,16H,1,6-10,14H2,2-4H3,(H,28,29,30)/t16-/m0/s1. The van der Waals surface area contributed by atoms with Gasteiger partial charge in [-0.05, 0) is 12.5 Å². The lowest BCUT2D eigenvalue weighted by molar-refractivity contribution is 0.0547. The first kappa shape index (κ1) is 26.2. The second-order valence-corrected chi connectivity index (χ2v) is 9.11. The molecule has 2 aromatic heterocycles. The second kappa shape index (κ2) is 11.5. The minimum atomic E-state index is -0.314. The summed E-state index contributed by atoms with van der Waals surface area (Å²) in [5.74, 6) is 1.09. The highest BCUT2D eigenvalue weighted by Crippen LogP contribution is 2.45. The molecule has 0 radical (unpaired) electrons. The molecule has 9 nitrogen and oxygen atoms in total. The van der Waals surface area contributed by atoms with E-state index in [2.05, 4.69) is 26.8 Å². The topological polar surface area (TPSA) is 90.7 Å². The maximum Gasteiger partial charge on any atom is 0.260 e. The minimum Gasteiger partial charge on any atom is -0.495 e. The van der Waals surface area contributed by atoms with Crippen molar-refractivity contribution in [3.8, 4) is 22.6 Å². The summed E-state index contributed by atoms with van der Waals surface area (Å²) in [7, 11) is 4.69. The number of nitrogens with one attached hydrogen (secondary N) is 1. The van der Waals surface area contributed by atoms with Crippen LogP contribution in [0.3, 0.4) is 0 Å². The van der Waals surface area contributed by atoms with E-state index in [0.717, 1.165) is 26.1 Å². The predicted octanol–water partition coefficient (Wildman–Crippen LogP) is 4.10. The summed E-state index contributed by atoms with van der Waals surface area (Å²) in [4.78, 5) is 25.0. The molecule has 0 bridgehead atoms. The van der Waals surface area contributed by atoms with Gasteiger partial charge in [0, 0.05) is 49.9 Å². The highest BCUT2D eigenvalue weighted by Gasteiger charge is 2.24. The number of fused-ring (bicyclic) bond motifs is 1. The van der Waals surface area contributed by atoms with E-state index in [4.69, 9.17) is 37.4 Å². The van der Waals surface area contributed by atoms with E-state index in [1.54, 1.807) is 29.9 Å². The molecule has 0 saturated carbocycles. The first-order valence-electron chi connectivity index (χ1n) is 11.5. The van der Waals surface area contributed by atoms with Gasteiger partial charge in [0.2, 0.25) is 5.95 Å². The highest BCUT2D eigenvalue weighted by molar-refractivity contribution is 6.41. The summed E-state index contributed by atoms with van der Waals surface area (Å²) >= 11 is 13.3. The molecule has 11 heteroatoms. The fourth-order valence-corrected chi connectivity index (χ4v) is 5.08. The third-order valence-corrected chi connectivity index (χ3v) is 6.93. The van der Waals surface area contributed by atoms with Crippen LogP contribution in [0.5, 0.6) is 11.5 Å². The van der Waals surface area contributed by atoms with Crippen molar-refractivity contribution in [2.75, 3.05) is 52.8 Å². The number of aromatic nitrogens is 3. The molecular formula is C25H29Cl2N5O4. The first-order valence-corrected chi connectivity index (χ1v) is 12.3. The van der Waals surface area contributed by atoms with Crippen LogP contribution in [-0.4, -0.2) is 73.0 Å². The largest absolute Gasteiger partial charge is 0.495 e. The summed E-state index contributed by atoms with van der Waals surface area (Å²) in [6.45, 7) is 7.06. The molecule has 1 saturated heterocycles. The average molecular weight is 534 g/mol. The molecule has 3 heterocycles. The van der Waals surface area contributed by atoms with Crippen molar-refractivity contribution in [1.29, 1.82) is 0 Å². The molecule has 1 N–H and O–H groups in total. The number of anilines is 1. The fraction of sp³-hybridized carbons (Fsp3) is 0.400. The fourth-order valence-electron chi connectivity index (χ4n) is 4.38. The van der Waals surface area contributed by atoms with E-state index >= 15 is 0 Å². The van der Waals surface area contributed by atoms with Crippen molar-refractivity contribution >= 4 is 40.2 Å². The minimum absolute atomic E-state index is 0.101. The molecule has 3 aromatic rings. The van der Waals surface area contributed by atoms with Crippen LogP contribution in [0.15, 0.2) is 35.8 Å². The van der Waals surface area contributed by atoms with Gasteiger partial charge < -0.3 is 19.5 Å². The van der Waals surface area contributed by atoms with Gasteiger partial charge in [-0.25, -0.2) is 4.98 Å². The van der Waals surface area contributed by atoms with Crippen LogP contribution < -0.4 is 20.3 Å². The number of ether oxygens (including phenoxy) is 3. The molecule has 1 aliphatic rings. The lowest BCUT2D eigenvalue weighted by atomic mass is 10.0. The Hall–Kier alpha value is -2.85. The van der Waals surface area contributed by atoms with Gasteiger partial charge in [0.25, 0.3) is 5.56 Å². The molecule has 1 aromatic carbocycles. The van der Waals surface area contributed by atoms with E-state index in [-0.39, 0.29) is 33.8 Å². The Morgan fingerprint density at radius 2 is 1.94 bits per heavy atom. The molecule has 192 valence electrons. The summed E-state index contributed by atoms with van der Waals surface area (Å²) in [6.07, 6.45) is 4.58. The number of methoxy groups -OCH3 is 2. The van der Waals surface area contributed by atoms with Crippen molar-refractivity contribution < 1.29 is 14.2 Å². The number of hydrogen-bond donors (Lipinski definition) is 1. The Morgan fingerprint density at radius 3 is 2.58 bits per heavy atom. The van der Waals surface area contributed by atoms with Crippen LogP contribution in [0.25, 0.3) is 22.2 Å². The number of rotatable bonds is 10. The Balaban J connectivity index is 1.77. The summed E-state index contributed by atoms with van der Waals surface area (Å²) < 4.78 is 18.5. The number of hydrogen-bond acceptors (Lipinski definition) is 8. The zero-order valence-electron chi connectivity index (χ0n) is 20.5. The highest BCUT2D eigenvalue weighted by atomic mass is 35.5. The number of nitrogens with zero attached hydrogens (tertiary/aromatic N) is 4. The normalized spacial score (nSPS) is 15.9. The van der Waals surface area contributed by atoms with E-state index < -0.39 is 0 Å². The molecule has 0 spiro atoms. The van der Waals surface area contributed by atoms with E-state index in [1.165, 1.54) is 14.2 Å². The Kier molecular flexibility index (Phi) is 8.35. The van der Waals surface area contributed by atoms with E-state index in [0.29, 0.717) is 40.7 Å². The van der Waals surface area contributed by atoms with E-state index in [9.17, 15) is 4.79 Å². The van der Waals surface area contributed by atoms with E-state index in [1.807, 2.05) is 6.08 Å². The van der Waals surface area contributed by atoms with Crippen LogP contribution >= 0.6 is 23.2 Å². The molecule has 1 atom stereocenters. The number of benzene rings is 1. The molecule has 1 fully saturated rings. The molecule has 0 amide bonds. The van der Waals surface area contributed by atoms with Crippen molar-refractivity contribution in [2.24, 2.45) is 0 Å². The molecule has 1 aliphatic heterocycles. The first-order chi connectivity index (χ1) is 17.4. The van der Waals surface area contributed by atoms with Crippen LogP contribution in [0.4, 0.5) is 5.95 Å². The maximum atomic E-state index is 13.9. The monoisotopic (exact) mass is 533 g/mol. The molecule has 0 aliphatic carbocycles. The van der Waals surface area contributed by atoms with Crippen LogP contribution in [0, 0.1) is 0 Å². The zero-order valence-corrected chi connectivity index (χ0v) is 22.0. The number of likely N-dealkylation sites (tertiary alicyclic amines) is 1. The van der Waals surface area contributed by atoms with Crippen molar-refractivity contribution in [3.05, 3.63) is 51.4 Å². The van der Waals surface area contributed by atoms with Gasteiger partial charge in [0.15, 0.2) is 0 Å². The van der Waals surface area contributed by atoms with Crippen LogP contribution in [-0.2, 0) is 11.3 Å². The quantitative estimate of drug-likeness (QED) is 0.389. The Bertz CT molecular complexity index is 1300. The second-order valence-electron chi connectivity index (χ2n) is 8.35. The zero-order chi connectivity index (χ0) is 25.8.